The Bertz CT molecular complexity index is 1320. The molecule has 210 valence electrons. The molecule has 8 heteroatoms. The number of hydrogen-bond acceptors (Lipinski definition) is 6. The van der Waals surface area contributed by atoms with Gasteiger partial charge in [0.1, 0.15) is 0 Å². The summed E-state index contributed by atoms with van der Waals surface area (Å²) in [6.07, 6.45) is 1.84. The minimum atomic E-state index is 0.0228. The summed E-state index contributed by atoms with van der Waals surface area (Å²) in [6.45, 7) is 12.9. The highest BCUT2D eigenvalue weighted by Crippen LogP contribution is 2.52. The molecule has 2 aliphatic heterocycles. The van der Waals surface area contributed by atoms with Crippen LogP contribution in [0.5, 0.6) is 0 Å². The summed E-state index contributed by atoms with van der Waals surface area (Å²) in [7, 11) is 0. The Balaban J connectivity index is 1.11. The molecule has 0 spiro atoms. The first kappa shape index (κ1) is 27.1. The molecule has 6 rings (SSSR count). The Kier molecular flexibility index (Phi) is 7.50. The summed E-state index contributed by atoms with van der Waals surface area (Å²) in [5.74, 6) is 1.40. The van der Waals surface area contributed by atoms with Crippen molar-refractivity contribution in [3.8, 4) is 0 Å². The number of thiophene rings is 1. The second-order valence-corrected chi connectivity index (χ2v) is 13.3. The van der Waals surface area contributed by atoms with Gasteiger partial charge in [0.25, 0.3) is 11.8 Å². The van der Waals surface area contributed by atoms with Crippen LogP contribution in [0.25, 0.3) is 0 Å². The number of amides is 2. The van der Waals surface area contributed by atoms with Crippen molar-refractivity contribution in [3.63, 3.8) is 0 Å². The lowest BCUT2D eigenvalue weighted by molar-refractivity contribution is 0.0336. The number of benzene rings is 1. The second-order valence-electron chi connectivity index (χ2n) is 12.3. The van der Waals surface area contributed by atoms with Crippen LogP contribution in [0.4, 0.5) is 5.69 Å². The zero-order chi connectivity index (χ0) is 27.9. The van der Waals surface area contributed by atoms with E-state index in [1.54, 1.807) is 0 Å². The van der Waals surface area contributed by atoms with Gasteiger partial charge in [-0.3, -0.25) is 19.5 Å². The number of hydrogen-bond donors (Lipinski definition) is 0. The smallest absolute Gasteiger partial charge is 0.268 e. The molecule has 3 fully saturated rings. The summed E-state index contributed by atoms with van der Waals surface area (Å²) < 4.78 is 5.45. The number of fused-ring (bicyclic) bond motifs is 1. The molecular weight excluding hydrogens is 520 g/mol. The van der Waals surface area contributed by atoms with Crippen molar-refractivity contribution in [1.29, 1.82) is 0 Å². The van der Waals surface area contributed by atoms with Gasteiger partial charge in [-0.25, -0.2) is 0 Å². The van der Waals surface area contributed by atoms with Gasteiger partial charge in [0.2, 0.25) is 0 Å². The molecule has 1 saturated carbocycles. The molecule has 1 aliphatic carbocycles. The van der Waals surface area contributed by atoms with Gasteiger partial charge in [0.15, 0.2) is 0 Å². The molecule has 2 amide bonds. The predicted octanol–water partition coefficient (Wildman–Crippen LogP) is 4.94. The Morgan fingerprint density at radius 1 is 1.02 bits per heavy atom. The van der Waals surface area contributed by atoms with E-state index < -0.39 is 0 Å². The molecule has 3 aliphatic rings. The Morgan fingerprint density at radius 2 is 1.75 bits per heavy atom. The molecule has 3 aromatic rings. The maximum Gasteiger partial charge on any atom is 0.268 e. The Hall–Kier alpha value is -3.07. The van der Waals surface area contributed by atoms with Gasteiger partial charge in [-0.1, -0.05) is 39.0 Å². The van der Waals surface area contributed by atoms with Gasteiger partial charge in [0.05, 0.1) is 35.7 Å². The molecule has 1 aromatic carbocycles. The molecule has 2 aromatic heterocycles. The third kappa shape index (κ3) is 5.71. The standard InChI is InChI=1S/C32H38N4O3S/c1-32(2,3)23-8-6-22(7-9-23)30(37)35-19-26-27(20-35)28(26)21-36(31(38)29-5-4-16-40-29)25-11-10-24(33-17-25)18-34-12-14-39-15-13-34/h4-11,16-17,26-28H,12-15,18-21H2,1-3H3. The summed E-state index contributed by atoms with van der Waals surface area (Å²) >= 11 is 1.47. The van der Waals surface area contributed by atoms with Crippen molar-refractivity contribution in [2.45, 2.75) is 32.7 Å². The number of aromatic nitrogens is 1. The highest BCUT2D eigenvalue weighted by molar-refractivity contribution is 7.12. The number of piperidine rings is 1. The van der Waals surface area contributed by atoms with Crippen molar-refractivity contribution in [2.75, 3.05) is 50.8 Å². The van der Waals surface area contributed by atoms with Gasteiger partial charge in [-0.2, -0.15) is 0 Å². The van der Waals surface area contributed by atoms with Crippen LogP contribution < -0.4 is 4.90 Å². The van der Waals surface area contributed by atoms with E-state index in [1.165, 1.54) is 16.9 Å². The van der Waals surface area contributed by atoms with Gasteiger partial charge >= 0.3 is 0 Å². The highest BCUT2D eigenvalue weighted by Gasteiger charge is 2.57. The summed E-state index contributed by atoms with van der Waals surface area (Å²) in [5.41, 5.74) is 3.88. The third-order valence-corrected chi connectivity index (χ3v) is 9.49. The largest absolute Gasteiger partial charge is 0.379 e. The van der Waals surface area contributed by atoms with Crippen molar-refractivity contribution in [2.24, 2.45) is 17.8 Å². The fourth-order valence-corrected chi connectivity index (χ4v) is 6.76. The lowest BCUT2D eigenvalue weighted by Crippen LogP contribution is -2.37. The van der Waals surface area contributed by atoms with Gasteiger partial charge < -0.3 is 14.5 Å². The van der Waals surface area contributed by atoms with Crippen LogP contribution in [-0.4, -0.2) is 72.5 Å². The topological polar surface area (TPSA) is 66.0 Å². The fraction of sp³-hybridized carbons (Fsp3) is 0.469. The number of likely N-dealkylation sites (tertiary alicyclic amines) is 1. The summed E-state index contributed by atoms with van der Waals surface area (Å²) in [5, 5.41) is 1.94. The molecule has 7 nitrogen and oxygen atoms in total. The van der Waals surface area contributed by atoms with Crippen LogP contribution in [0.3, 0.4) is 0 Å². The van der Waals surface area contributed by atoms with Crippen LogP contribution >= 0.6 is 11.3 Å². The molecule has 0 radical (unpaired) electrons. The van der Waals surface area contributed by atoms with Gasteiger partial charge in [-0.05, 0) is 64.4 Å². The van der Waals surface area contributed by atoms with Crippen LogP contribution in [-0.2, 0) is 16.7 Å². The second kappa shape index (κ2) is 11.1. The average molecular weight is 559 g/mol. The number of pyridine rings is 1. The first-order valence-electron chi connectivity index (χ1n) is 14.3. The van der Waals surface area contributed by atoms with Crippen molar-refractivity contribution in [3.05, 3.63) is 81.8 Å². The third-order valence-electron chi connectivity index (χ3n) is 8.64. The number of carbonyl (C=O) groups excluding carboxylic acids is 2. The molecule has 2 saturated heterocycles. The lowest BCUT2D eigenvalue weighted by atomic mass is 9.86. The number of morpholine rings is 1. The van der Waals surface area contributed by atoms with E-state index in [-0.39, 0.29) is 17.2 Å². The maximum atomic E-state index is 13.6. The monoisotopic (exact) mass is 558 g/mol. The number of ether oxygens (including phenoxy) is 1. The van der Waals surface area contributed by atoms with Crippen molar-refractivity contribution >= 4 is 28.8 Å². The van der Waals surface area contributed by atoms with Crippen LogP contribution in [0.1, 0.15) is 52.1 Å². The number of rotatable bonds is 7. The van der Waals surface area contributed by atoms with E-state index in [4.69, 9.17) is 9.72 Å². The molecule has 0 bridgehead atoms. The van der Waals surface area contributed by atoms with Crippen molar-refractivity contribution < 1.29 is 14.3 Å². The van der Waals surface area contributed by atoms with E-state index in [9.17, 15) is 9.59 Å². The van der Waals surface area contributed by atoms with E-state index in [1.807, 2.05) is 57.8 Å². The summed E-state index contributed by atoms with van der Waals surface area (Å²) in [6, 6.07) is 15.9. The van der Waals surface area contributed by atoms with E-state index in [0.717, 1.165) is 67.8 Å². The van der Waals surface area contributed by atoms with Crippen LogP contribution in [0.15, 0.2) is 60.1 Å². The van der Waals surface area contributed by atoms with Gasteiger partial charge in [0, 0.05) is 44.8 Å². The zero-order valence-corrected chi connectivity index (χ0v) is 24.4. The lowest BCUT2D eigenvalue weighted by Gasteiger charge is -2.27. The highest BCUT2D eigenvalue weighted by atomic mass is 32.1. The van der Waals surface area contributed by atoms with Gasteiger partial charge in [-0.15, -0.1) is 11.3 Å². The quantitative estimate of drug-likeness (QED) is 0.411. The molecule has 4 heterocycles. The minimum absolute atomic E-state index is 0.0228. The Labute approximate surface area is 240 Å². The first-order valence-corrected chi connectivity index (χ1v) is 15.2. The minimum Gasteiger partial charge on any atom is -0.379 e. The van der Waals surface area contributed by atoms with E-state index in [2.05, 4.69) is 37.8 Å². The molecule has 2 unspecified atom stereocenters. The normalized spacial score (nSPS) is 22.7. The SMILES string of the molecule is CC(C)(C)c1ccc(C(=O)N2CC3C(C2)C3CN(C(=O)c2cccs2)c2ccc(CN3CCOCC3)nc2)cc1. The fourth-order valence-electron chi connectivity index (χ4n) is 6.09. The number of carbonyl (C=O) groups is 2. The van der Waals surface area contributed by atoms with E-state index >= 15 is 0 Å². The summed E-state index contributed by atoms with van der Waals surface area (Å²) in [4.78, 5) is 38.5. The van der Waals surface area contributed by atoms with E-state index in [0.29, 0.717) is 24.3 Å². The molecule has 0 N–H and O–H groups in total. The molecular formula is C32H38N4O3S. The zero-order valence-electron chi connectivity index (χ0n) is 23.6. The molecule has 2 atom stereocenters. The first-order chi connectivity index (χ1) is 19.3. The van der Waals surface area contributed by atoms with Crippen LogP contribution in [0, 0.1) is 17.8 Å². The number of anilines is 1. The average Bonchev–Trinajstić information content (AvgIpc) is 3.35. The predicted molar refractivity (Wildman–Crippen MR) is 158 cm³/mol. The molecule has 40 heavy (non-hydrogen) atoms. The van der Waals surface area contributed by atoms with Crippen LogP contribution in [0.2, 0.25) is 0 Å². The Morgan fingerprint density at radius 3 is 2.35 bits per heavy atom. The maximum absolute atomic E-state index is 13.6. The van der Waals surface area contributed by atoms with Crippen molar-refractivity contribution in [1.82, 2.24) is 14.8 Å². The number of nitrogens with zero attached hydrogens (tertiary/aromatic N) is 4.